The Balaban J connectivity index is 0.00000128. The first-order valence-electron chi connectivity index (χ1n) is 4.50. The maximum absolute atomic E-state index is 4.87. The van der Waals surface area contributed by atoms with Crippen LogP contribution in [0.3, 0.4) is 0 Å². The summed E-state index contributed by atoms with van der Waals surface area (Å²) in [4.78, 5) is 12.3. The Labute approximate surface area is 119 Å². The van der Waals surface area contributed by atoms with Crippen molar-refractivity contribution in [2.45, 2.75) is 6.92 Å². The quantitative estimate of drug-likeness (QED) is 0.789. The van der Waals surface area contributed by atoms with Gasteiger partial charge in [0.2, 0.25) is 0 Å². The van der Waals surface area contributed by atoms with Gasteiger partial charge in [-0.05, 0) is 11.3 Å². The standard InChI is InChI=1S/C11H10N3O.Y/c1-8-3-4-10(12-5-8)9-6-13-11(15-2)14-7-9;/h4-7H,1-2H3;/q-1;. The van der Waals surface area contributed by atoms with Crippen LogP contribution in [0.5, 0.6) is 6.01 Å². The Morgan fingerprint density at radius 1 is 1.12 bits per heavy atom. The molecule has 0 fully saturated rings. The number of methoxy groups -OCH3 is 1. The summed E-state index contributed by atoms with van der Waals surface area (Å²) in [6.45, 7) is 1.95. The van der Waals surface area contributed by atoms with Gasteiger partial charge < -0.3 is 9.72 Å². The summed E-state index contributed by atoms with van der Waals surface area (Å²) in [5.74, 6) is 0. The summed E-state index contributed by atoms with van der Waals surface area (Å²) < 4.78 is 4.87. The Bertz CT molecular complexity index is 442. The molecule has 5 heteroatoms. The fourth-order valence-electron chi connectivity index (χ4n) is 1.13. The van der Waals surface area contributed by atoms with Gasteiger partial charge in [0, 0.05) is 45.1 Å². The maximum Gasteiger partial charge on any atom is 0.315 e. The van der Waals surface area contributed by atoms with Crippen molar-refractivity contribution >= 4 is 0 Å². The third-order valence-electron chi connectivity index (χ3n) is 1.94. The second-order valence-electron chi connectivity index (χ2n) is 3.07. The van der Waals surface area contributed by atoms with Crippen LogP contribution in [-0.2, 0) is 32.7 Å². The van der Waals surface area contributed by atoms with E-state index in [1.165, 1.54) is 7.11 Å². The minimum Gasteiger partial charge on any atom is -0.467 e. The summed E-state index contributed by atoms with van der Waals surface area (Å²) in [5.41, 5.74) is 2.67. The molecule has 0 aliphatic rings. The van der Waals surface area contributed by atoms with Crippen LogP contribution >= 0.6 is 0 Å². The van der Waals surface area contributed by atoms with Gasteiger partial charge in [-0.1, -0.05) is 13.1 Å². The monoisotopic (exact) mass is 289 g/mol. The molecule has 0 N–H and O–H groups in total. The average Bonchev–Trinajstić information content (AvgIpc) is 2.30. The van der Waals surface area contributed by atoms with E-state index in [0.717, 1.165) is 16.8 Å². The Kier molecular flexibility index (Phi) is 4.96. The predicted octanol–water partition coefficient (Wildman–Crippen LogP) is 1.65. The predicted molar refractivity (Wildman–Crippen MR) is 55.4 cm³/mol. The molecule has 0 aromatic carbocycles. The first kappa shape index (κ1) is 13.2. The van der Waals surface area contributed by atoms with Crippen LogP contribution in [0, 0.1) is 13.0 Å². The molecule has 0 aliphatic heterocycles. The van der Waals surface area contributed by atoms with Crippen molar-refractivity contribution in [3.8, 4) is 17.3 Å². The number of aromatic nitrogens is 3. The van der Waals surface area contributed by atoms with E-state index in [1.54, 1.807) is 18.6 Å². The van der Waals surface area contributed by atoms with Gasteiger partial charge in [-0.15, -0.1) is 5.56 Å². The third kappa shape index (κ3) is 3.06. The molecule has 0 aliphatic carbocycles. The van der Waals surface area contributed by atoms with Crippen molar-refractivity contribution in [3.05, 3.63) is 36.3 Å². The molecular formula is C11H10N3OY-. The van der Waals surface area contributed by atoms with Crippen LogP contribution in [0.4, 0.5) is 0 Å². The summed E-state index contributed by atoms with van der Waals surface area (Å²) in [6.07, 6.45) is 5.12. The van der Waals surface area contributed by atoms with E-state index < -0.39 is 0 Å². The normalized spacial score (nSPS) is 9.38. The molecule has 0 spiro atoms. The molecule has 0 saturated heterocycles. The van der Waals surface area contributed by atoms with E-state index in [9.17, 15) is 0 Å². The largest absolute Gasteiger partial charge is 0.467 e. The first-order chi connectivity index (χ1) is 7.29. The third-order valence-corrected chi connectivity index (χ3v) is 1.94. The van der Waals surface area contributed by atoms with Crippen molar-refractivity contribution in [2.75, 3.05) is 7.11 Å². The van der Waals surface area contributed by atoms with Crippen molar-refractivity contribution in [3.63, 3.8) is 0 Å². The minimum absolute atomic E-state index is 0. The van der Waals surface area contributed by atoms with Gasteiger partial charge in [-0.3, -0.25) is 0 Å². The van der Waals surface area contributed by atoms with Gasteiger partial charge in [-0.2, -0.15) is 12.1 Å². The van der Waals surface area contributed by atoms with E-state index in [-0.39, 0.29) is 32.7 Å². The van der Waals surface area contributed by atoms with Crippen LogP contribution in [-0.4, -0.2) is 22.1 Å². The van der Waals surface area contributed by atoms with Crippen LogP contribution in [0.15, 0.2) is 24.7 Å². The van der Waals surface area contributed by atoms with E-state index in [2.05, 4.69) is 21.0 Å². The Morgan fingerprint density at radius 3 is 2.31 bits per heavy atom. The number of pyridine rings is 1. The number of ether oxygens (including phenoxy) is 1. The SMILES string of the molecule is COc1ncc(-c2c[c-]c(C)cn2)cn1.[Y]. The van der Waals surface area contributed by atoms with Crippen molar-refractivity contribution in [1.29, 1.82) is 0 Å². The average molecular weight is 289 g/mol. The molecule has 2 aromatic rings. The zero-order chi connectivity index (χ0) is 10.7. The van der Waals surface area contributed by atoms with Gasteiger partial charge >= 0.3 is 6.01 Å². The van der Waals surface area contributed by atoms with Crippen molar-refractivity contribution in [1.82, 2.24) is 15.0 Å². The van der Waals surface area contributed by atoms with Gasteiger partial charge in [0.1, 0.15) is 0 Å². The van der Waals surface area contributed by atoms with Crippen molar-refractivity contribution < 1.29 is 37.4 Å². The number of rotatable bonds is 2. The zero-order valence-corrected chi connectivity index (χ0v) is 12.0. The number of aryl methyl sites for hydroxylation is 1. The van der Waals surface area contributed by atoms with E-state index in [1.807, 2.05) is 13.0 Å². The summed E-state index contributed by atoms with van der Waals surface area (Å²) in [5, 5.41) is 0. The molecule has 0 bridgehead atoms. The molecule has 0 amide bonds. The first-order valence-corrected chi connectivity index (χ1v) is 4.50. The molecule has 16 heavy (non-hydrogen) atoms. The van der Waals surface area contributed by atoms with Gasteiger partial charge in [0.05, 0.1) is 7.11 Å². The fourth-order valence-corrected chi connectivity index (χ4v) is 1.13. The van der Waals surface area contributed by atoms with Crippen LogP contribution in [0.2, 0.25) is 0 Å². The Morgan fingerprint density at radius 2 is 1.81 bits per heavy atom. The molecule has 79 valence electrons. The van der Waals surface area contributed by atoms with Crippen molar-refractivity contribution in [2.24, 2.45) is 0 Å². The van der Waals surface area contributed by atoms with Crippen LogP contribution in [0.1, 0.15) is 5.56 Å². The smallest absolute Gasteiger partial charge is 0.315 e. The van der Waals surface area contributed by atoms with E-state index in [4.69, 9.17) is 4.74 Å². The van der Waals surface area contributed by atoms with E-state index in [0.29, 0.717) is 6.01 Å². The van der Waals surface area contributed by atoms with Crippen LogP contribution in [0.25, 0.3) is 11.3 Å². The second-order valence-corrected chi connectivity index (χ2v) is 3.07. The Hall–Kier alpha value is -0.866. The van der Waals surface area contributed by atoms with Gasteiger partial charge in [0.15, 0.2) is 0 Å². The number of hydrogen-bond donors (Lipinski definition) is 0. The number of hydrogen-bond acceptors (Lipinski definition) is 4. The molecule has 2 heterocycles. The second kappa shape index (κ2) is 6.01. The molecular weight excluding hydrogens is 279 g/mol. The number of nitrogens with zero attached hydrogens (tertiary/aromatic N) is 3. The molecule has 2 rings (SSSR count). The fraction of sp³-hybridized carbons (Fsp3) is 0.182. The zero-order valence-electron chi connectivity index (χ0n) is 9.14. The minimum atomic E-state index is 0. The van der Waals surface area contributed by atoms with Crippen LogP contribution < -0.4 is 4.74 Å². The summed E-state index contributed by atoms with van der Waals surface area (Å²) >= 11 is 0. The van der Waals surface area contributed by atoms with Gasteiger partial charge in [0.25, 0.3) is 0 Å². The molecule has 2 aromatic heterocycles. The van der Waals surface area contributed by atoms with E-state index >= 15 is 0 Å². The summed E-state index contributed by atoms with van der Waals surface area (Å²) in [6, 6.07) is 5.25. The molecule has 1 radical (unpaired) electrons. The van der Waals surface area contributed by atoms with Gasteiger partial charge in [-0.25, -0.2) is 9.97 Å². The molecule has 4 nitrogen and oxygen atoms in total. The topological polar surface area (TPSA) is 47.9 Å². The molecule has 0 atom stereocenters. The maximum atomic E-state index is 4.87. The molecule has 0 saturated carbocycles. The molecule has 0 unspecified atom stereocenters. The summed E-state index contributed by atoms with van der Waals surface area (Å²) in [7, 11) is 1.53.